The van der Waals surface area contributed by atoms with Crippen LogP contribution in [-0.4, -0.2) is 96.7 Å². The van der Waals surface area contributed by atoms with Gasteiger partial charge in [-0.05, 0) is 49.4 Å². The smallest absolute Gasteiger partial charge is 0.462 e. The molecule has 0 heterocycles. The van der Waals surface area contributed by atoms with Gasteiger partial charge in [0, 0.05) is 25.7 Å². The number of aliphatic hydroxyl groups is 1. The van der Waals surface area contributed by atoms with E-state index < -0.39 is 97.5 Å². The van der Waals surface area contributed by atoms with Gasteiger partial charge in [-0.3, -0.25) is 37.3 Å². The number of hydrogen-bond acceptors (Lipinski definition) is 15. The topological polar surface area (TPSA) is 237 Å². The van der Waals surface area contributed by atoms with Gasteiger partial charge in [0.15, 0.2) is 12.2 Å². The Hall–Kier alpha value is -1.94. The van der Waals surface area contributed by atoms with Gasteiger partial charge in [0.25, 0.3) is 0 Å². The third-order valence-corrected chi connectivity index (χ3v) is 19.2. The number of unbranched alkanes of at least 4 members (excludes halogenated alkanes) is 38. The third-order valence-electron chi connectivity index (χ3n) is 17.3. The molecule has 94 heavy (non-hydrogen) atoms. The van der Waals surface area contributed by atoms with Crippen molar-refractivity contribution in [2.24, 2.45) is 23.7 Å². The van der Waals surface area contributed by atoms with E-state index in [1.807, 2.05) is 0 Å². The number of esters is 4. The average molecular weight is 1380 g/mol. The number of aliphatic hydroxyl groups excluding tert-OH is 1. The van der Waals surface area contributed by atoms with E-state index in [0.717, 1.165) is 114 Å². The van der Waals surface area contributed by atoms with Crippen LogP contribution in [0.3, 0.4) is 0 Å². The summed E-state index contributed by atoms with van der Waals surface area (Å²) in [6.45, 7) is 14.1. The average Bonchev–Trinajstić information content (AvgIpc) is 2.09. The fourth-order valence-electron chi connectivity index (χ4n) is 11.4. The summed E-state index contributed by atoms with van der Waals surface area (Å²) in [6.07, 6.45) is 48.7. The van der Waals surface area contributed by atoms with Gasteiger partial charge < -0.3 is 33.8 Å². The van der Waals surface area contributed by atoms with Gasteiger partial charge in [-0.25, -0.2) is 9.13 Å². The van der Waals surface area contributed by atoms with Crippen molar-refractivity contribution in [2.45, 2.75) is 395 Å². The number of phosphoric acid groups is 2. The molecule has 558 valence electrons. The Bertz CT molecular complexity index is 1850. The molecule has 0 aromatic heterocycles. The van der Waals surface area contributed by atoms with E-state index in [0.29, 0.717) is 31.6 Å². The lowest BCUT2D eigenvalue weighted by Gasteiger charge is -2.21. The molecular formula is C75H146O17P2. The van der Waals surface area contributed by atoms with Crippen LogP contribution in [0.15, 0.2) is 0 Å². The molecule has 0 aliphatic heterocycles. The fraction of sp³-hybridized carbons (Fsp3) is 0.947. The first-order valence-electron chi connectivity index (χ1n) is 38.7. The minimum Gasteiger partial charge on any atom is -0.462 e. The zero-order chi connectivity index (χ0) is 69.6. The second-order valence-corrected chi connectivity index (χ2v) is 31.9. The molecule has 0 rings (SSSR count). The van der Waals surface area contributed by atoms with E-state index in [4.69, 9.17) is 37.0 Å². The Labute approximate surface area is 575 Å². The van der Waals surface area contributed by atoms with Crippen molar-refractivity contribution in [3.8, 4) is 0 Å². The van der Waals surface area contributed by atoms with Crippen LogP contribution in [0.1, 0.15) is 376 Å². The van der Waals surface area contributed by atoms with Crippen molar-refractivity contribution in [1.29, 1.82) is 0 Å². The second-order valence-electron chi connectivity index (χ2n) is 28.9. The first kappa shape index (κ1) is 92.1. The molecule has 19 heteroatoms. The number of rotatable bonds is 72. The lowest BCUT2D eigenvalue weighted by molar-refractivity contribution is -0.161. The maximum absolute atomic E-state index is 13.1. The summed E-state index contributed by atoms with van der Waals surface area (Å²) in [5.74, 6) is 0.882. The zero-order valence-corrected chi connectivity index (χ0v) is 63.4. The number of carbonyl (C=O) groups is 4. The van der Waals surface area contributed by atoms with E-state index in [1.54, 1.807) is 0 Å². The first-order valence-corrected chi connectivity index (χ1v) is 41.7. The molecule has 3 N–H and O–H groups in total. The van der Waals surface area contributed by atoms with Crippen molar-refractivity contribution in [3.63, 3.8) is 0 Å². The molecular weight excluding hydrogens is 1230 g/mol. The summed E-state index contributed by atoms with van der Waals surface area (Å²) in [4.78, 5) is 72.7. The maximum atomic E-state index is 13.1. The van der Waals surface area contributed by atoms with Gasteiger partial charge in [0.1, 0.15) is 19.3 Å². The molecule has 0 bridgehead atoms. The Morgan fingerprint density at radius 2 is 0.447 bits per heavy atom. The van der Waals surface area contributed by atoms with E-state index in [2.05, 4.69) is 55.4 Å². The molecule has 0 saturated carbocycles. The number of hydrogen-bond donors (Lipinski definition) is 3. The molecule has 3 unspecified atom stereocenters. The van der Waals surface area contributed by atoms with Crippen LogP contribution >= 0.6 is 15.6 Å². The van der Waals surface area contributed by atoms with Crippen molar-refractivity contribution < 1.29 is 80.2 Å². The van der Waals surface area contributed by atoms with Crippen molar-refractivity contribution in [2.75, 3.05) is 39.6 Å². The molecule has 0 aromatic carbocycles. The van der Waals surface area contributed by atoms with E-state index in [-0.39, 0.29) is 25.7 Å². The first-order chi connectivity index (χ1) is 45.1. The predicted octanol–water partition coefficient (Wildman–Crippen LogP) is 21.7. The second kappa shape index (κ2) is 64.4. The fourth-order valence-corrected chi connectivity index (χ4v) is 13.0. The molecule has 5 atom stereocenters. The largest absolute Gasteiger partial charge is 0.472 e. The van der Waals surface area contributed by atoms with Crippen LogP contribution in [0.5, 0.6) is 0 Å². The van der Waals surface area contributed by atoms with Gasteiger partial charge in [-0.1, -0.05) is 325 Å². The van der Waals surface area contributed by atoms with Crippen LogP contribution in [0.2, 0.25) is 0 Å². The molecule has 0 aromatic rings. The van der Waals surface area contributed by atoms with Crippen molar-refractivity contribution in [3.05, 3.63) is 0 Å². The lowest BCUT2D eigenvalue weighted by atomic mass is 10.0. The molecule has 0 aliphatic carbocycles. The molecule has 0 spiro atoms. The highest BCUT2D eigenvalue weighted by atomic mass is 31.2. The van der Waals surface area contributed by atoms with E-state index in [9.17, 15) is 43.2 Å². The summed E-state index contributed by atoms with van der Waals surface area (Å²) >= 11 is 0. The highest BCUT2D eigenvalue weighted by molar-refractivity contribution is 7.47. The SMILES string of the molecule is CC(C)CCCCCCCCCCCCCCCCCC(=O)O[C@H](COC(=O)CCCCCCCCC(C)C)COP(=O)(O)OCC(O)COP(=O)(O)OC[C@@H](COC(=O)CCCCCCCCCCCCC(C)C)OC(=O)CCCCCCCCCCCCCC(C)C. The maximum Gasteiger partial charge on any atom is 0.472 e. The Morgan fingerprint density at radius 1 is 0.266 bits per heavy atom. The Balaban J connectivity index is 5.22. The summed E-state index contributed by atoms with van der Waals surface area (Å²) in [5, 5.41) is 10.6. The van der Waals surface area contributed by atoms with Gasteiger partial charge in [-0.15, -0.1) is 0 Å². The van der Waals surface area contributed by atoms with Gasteiger partial charge in [0.2, 0.25) is 0 Å². The number of phosphoric ester groups is 2. The summed E-state index contributed by atoms with van der Waals surface area (Å²) in [5.41, 5.74) is 0. The zero-order valence-electron chi connectivity index (χ0n) is 61.6. The molecule has 0 saturated heterocycles. The summed E-state index contributed by atoms with van der Waals surface area (Å²) in [6, 6.07) is 0. The number of carbonyl (C=O) groups excluding carboxylic acids is 4. The minimum absolute atomic E-state index is 0.106. The Kier molecular flexibility index (Phi) is 63.1. The van der Waals surface area contributed by atoms with Crippen molar-refractivity contribution in [1.82, 2.24) is 0 Å². The quantitative estimate of drug-likeness (QED) is 0.0222. The Morgan fingerprint density at radius 3 is 0.660 bits per heavy atom. The van der Waals surface area contributed by atoms with Gasteiger partial charge >= 0.3 is 39.5 Å². The van der Waals surface area contributed by atoms with E-state index >= 15 is 0 Å². The molecule has 0 amide bonds. The van der Waals surface area contributed by atoms with Crippen LogP contribution in [0, 0.1) is 23.7 Å². The normalized spacial score (nSPS) is 14.2. The molecule has 0 aliphatic rings. The monoisotopic (exact) mass is 1380 g/mol. The van der Waals surface area contributed by atoms with Gasteiger partial charge in [-0.2, -0.15) is 0 Å². The molecule has 0 fully saturated rings. The number of ether oxygens (including phenoxy) is 4. The summed E-state index contributed by atoms with van der Waals surface area (Å²) < 4.78 is 68.5. The van der Waals surface area contributed by atoms with Gasteiger partial charge in [0.05, 0.1) is 26.4 Å². The van der Waals surface area contributed by atoms with Crippen LogP contribution < -0.4 is 0 Å². The van der Waals surface area contributed by atoms with Crippen LogP contribution in [0.25, 0.3) is 0 Å². The van der Waals surface area contributed by atoms with Crippen molar-refractivity contribution >= 4 is 39.5 Å². The molecule has 0 radical (unpaired) electrons. The molecule has 17 nitrogen and oxygen atoms in total. The standard InChI is InChI=1S/C75H146O17P2/c1-65(2)51-43-35-27-21-15-12-10-9-11-13-17-25-31-41-49-57-74(79)92-71(62-86-73(78)56-48-40-34-33-38-46-54-68(7)8)64-90-94(83,84)88-60-69(76)59-87-93(81,82)89-63-70(61-85-72(77)55-47-39-30-24-20-19-23-29-37-45-53-67(5)6)91-75(80)58-50-42-32-26-18-14-16-22-28-36-44-52-66(3)4/h65-71,76H,9-64H2,1-8H3,(H,81,82)(H,83,84)/t69?,70-,71-/m1/s1. The van der Waals surface area contributed by atoms with Crippen LogP contribution in [0.4, 0.5) is 0 Å². The predicted molar refractivity (Wildman–Crippen MR) is 381 cm³/mol. The van der Waals surface area contributed by atoms with Crippen LogP contribution in [-0.2, 0) is 65.4 Å². The highest BCUT2D eigenvalue weighted by Crippen LogP contribution is 2.45. The minimum atomic E-state index is -4.96. The third kappa shape index (κ3) is 68.6. The summed E-state index contributed by atoms with van der Waals surface area (Å²) in [7, 11) is -9.91. The lowest BCUT2D eigenvalue weighted by Crippen LogP contribution is -2.30. The highest BCUT2D eigenvalue weighted by Gasteiger charge is 2.30. The van der Waals surface area contributed by atoms with E-state index in [1.165, 1.54) is 173 Å².